The van der Waals surface area contributed by atoms with Gasteiger partial charge in [-0.05, 0) is 62.2 Å². The maximum atomic E-state index is 5.17. The minimum Gasteiger partial charge on any atom is -0.383 e. The summed E-state index contributed by atoms with van der Waals surface area (Å²) in [6.45, 7) is 5.61. The van der Waals surface area contributed by atoms with E-state index in [4.69, 9.17) is 4.74 Å². The Morgan fingerprint density at radius 1 is 1.09 bits per heavy atom. The number of rotatable bonds is 7. The smallest absolute Gasteiger partial charge is 0.0589 e. The van der Waals surface area contributed by atoms with E-state index in [0.29, 0.717) is 0 Å². The lowest BCUT2D eigenvalue weighted by Gasteiger charge is -2.31. The highest BCUT2D eigenvalue weighted by Crippen LogP contribution is 2.23. The van der Waals surface area contributed by atoms with Gasteiger partial charge in [-0.25, -0.2) is 0 Å². The molecule has 0 radical (unpaired) electrons. The van der Waals surface area contributed by atoms with Crippen LogP contribution in [0.2, 0.25) is 0 Å². The number of nitrogens with zero attached hydrogens (tertiary/aromatic N) is 2. The molecule has 3 nitrogen and oxygen atoms in total. The molecule has 2 aromatic rings. The zero-order chi connectivity index (χ0) is 15.2. The molecule has 1 fully saturated rings. The normalized spacial score (nSPS) is 17.3. The number of likely N-dealkylation sites (tertiary alicyclic amines) is 1. The van der Waals surface area contributed by atoms with Crippen molar-refractivity contribution in [3.63, 3.8) is 0 Å². The zero-order valence-electron chi connectivity index (χ0n) is 13.7. The predicted octanol–water partition coefficient (Wildman–Crippen LogP) is 3.78. The molecule has 1 saturated heterocycles. The summed E-state index contributed by atoms with van der Waals surface area (Å²) in [5, 5.41) is 1.36. The number of ether oxygens (including phenoxy) is 1. The first-order valence-corrected chi connectivity index (χ1v) is 8.62. The van der Waals surface area contributed by atoms with E-state index >= 15 is 0 Å². The number of aromatic nitrogens is 1. The maximum Gasteiger partial charge on any atom is 0.0589 e. The van der Waals surface area contributed by atoms with Crippen molar-refractivity contribution in [3.8, 4) is 0 Å². The number of hydrogen-bond donors (Lipinski definition) is 0. The van der Waals surface area contributed by atoms with Crippen molar-refractivity contribution in [1.29, 1.82) is 0 Å². The molecule has 1 aromatic heterocycles. The number of aryl methyl sites for hydroxylation is 1. The second kappa shape index (κ2) is 7.80. The highest BCUT2D eigenvalue weighted by atomic mass is 16.5. The molecule has 22 heavy (non-hydrogen) atoms. The summed E-state index contributed by atoms with van der Waals surface area (Å²) in [6, 6.07) is 10.9. The predicted molar refractivity (Wildman–Crippen MR) is 92.2 cm³/mol. The van der Waals surface area contributed by atoms with E-state index in [2.05, 4.69) is 46.0 Å². The lowest BCUT2D eigenvalue weighted by molar-refractivity contribution is 0.118. The van der Waals surface area contributed by atoms with Gasteiger partial charge in [-0.1, -0.05) is 18.2 Å². The SMILES string of the molecule is COCCN1CCC(CCCn2ccc3ccccc32)CC1. The van der Waals surface area contributed by atoms with Gasteiger partial charge in [0.15, 0.2) is 0 Å². The van der Waals surface area contributed by atoms with Crippen LogP contribution in [0.1, 0.15) is 25.7 Å². The Hall–Kier alpha value is -1.32. The van der Waals surface area contributed by atoms with Crippen LogP contribution in [0.25, 0.3) is 10.9 Å². The van der Waals surface area contributed by atoms with Crippen LogP contribution in [-0.4, -0.2) is 42.8 Å². The molecule has 0 aliphatic carbocycles. The summed E-state index contributed by atoms with van der Waals surface area (Å²) < 4.78 is 7.57. The van der Waals surface area contributed by atoms with Crippen molar-refractivity contribution in [1.82, 2.24) is 9.47 Å². The quantitative estimate of drug-likeness (QED) is 0.774. The summed E-state index contributed by atoms with van der Waals surface area (Å²) in [5.74, 6) is 0.917. The van der Waals surface area contributed by atoms with Crippen LogP contribution in [0.5, 0.6) is 0 Å². The third-order valence-electron chi connectivity index (χ3n) is 5.01. The molecule has 2 heterocycles. The van der Waals surface area contributed by atoms with Crippen molar-refractivity contribution in [2.24, 2.45) is 5.92 Å². The fraction of sp³-hybridized carbons (Fsp3) is 0.579. The van der Waals surface area contributed by atoms with Crippen LogP contribution in [0.4, 0.5) is 0 Å². The van der Waals surface area contributed by atoms with Crippen molar-refractivity contribution in [2.45, 2.75) is 32.2 Å². The summed E-state index contributed by atoms with van der Waals surface area (Å²) in [6.07, 6.45) is 7.61. The second-order valence-electron chi connectivity index (χ2n) is 6.49. The second-order valence-corrected chi connectivity index (χ2v) is 6.49. The number of fused-ring (bicyclic) bond motifs is 1. The molecule has 120 valence electrons. The minimum atomic E-state index is 0.866. The Labute approximate surface area is 133 Å². The third kappa shape index (κ3) is 3.90. The van der Waals surface area contributed by atoms with E-state index in [1.807, 2.05) is 0 Å². The van der Waals surface area contributed by atoms with Crippen molar-refractivity contribution < 1.29 is 4.74 Å². The van der Waals surface area contributed by atoms with E-state index in [9.17, 15) is 0 Å². The first-order chi connectivity index (χ1) is 10.9. The molecule has 0 atom stereocenters. The van der Waals surface area contributed by atoms with E-state index in [0.717, 1.165) is 25.6 Å². The van der Waals surface area contributed by atoms with E-state index in [1.165, 1.54) is 49.7 Å². The minimum absolute atomic E-state index is 0.866. The Kier molecular flexibility index (Phi) is 5.52. The molecule has 1 aliphatic rings. The number of hydrogen-bond acceptors (Lipinski definition) is 2. The Morgan fingerprint density at radius 3 is 2.73 bits per heavy atom. The Morgan fingerprint density at radius 2 is 1.91 bits per heavy atom. The molecule has 1 aromatic carbocycles. The van der Waals surface area contributed by atoms with Crippen LogP contribution < -0.4 is 0 Å². The van der Waals surface area contributed by atoms with E-state index < -0.39 is 0 Å². The highest BCUT2D eigenvalue weighted by molar-refractivity contribution is 5.79. The largest absolute Gasteiger partial charge is 0.383 e. The van der Waals surface area contributed by atoms with Gasteiger partial charge in [0.1, 0.15) is 0 Å². The average Bonchev–Trinajstić information content (AvgIpc) is 2.98. The Balaban J connectivity index is 1.41. The van der Waals surface area contributed by atoms with E-state index in [-0.39, 0.29) is 0 Å². The lowest BCUT2D eigenvalue weighted by Crippen LogP contribution is -2.35. The third-order valence-corrected chi connectivity index (χ3v) is 5.01. The number of para-hydroxylation sites is 1. The Bertz CT molecular complexity index is 570. The summed E-state index contributed by atoms with van der Waals surface area (Å²) in [4.78, 5) is 2.54. The van der Waals surface area contributed by atoms with Gasteiger partial charge in [0.05, 0.1) is 6.61 Å². The van der Waals surface area contributed by atoms with Crippen molar-refractivity contribution in [3.05, 3.63) is 36.5 Å². The molecule has 0 bridgehead atoms. The van der Waals surface area contributed by atoms with Crippen LogP contribution >= 0.6 is 0 Å². The van der Waals surface area contributed by atoms with Crippen LogP contribution in [-0.2, 0) is 11.3 Å². The van der Waals surface area contributed by atoms with Crippen molar-refractivity contribution >= 4 is 10.9 Å². The molecular formula is C19H28N2O. The number of benzene rings is 1. The number of piperidine rings is 1. The first kappa shape index (κ1) is 15.6. The van der Waals surface area contributed by atoms with Gasteiger partial charge in [-0.3, -0.25) is 0 Å². The molecule has 3 rings (SSSR count). The molecule has 0 N–H and O–H groups in total. The van der Waals surface area contributed by atoms with Crippen molar-refractivity contribution in [2.75, 3.05) is 33.4 Å². The van der Waals surface area contributed by atoms with Gasteiger partial charge in [0.25, 0.3) is 0 Å². The molecule has 3 heteroatoms. The lowest BCUT2D eigenvalue weighted by atomic mass is 9.92. The zero-order valence-corrected chi connectivity index (χ0v) is 13.7. The fourth-order valence-corrected chi connectivity index (χ4v) is 3.61. The van der Waals surface area contributed by atoms with Crippen LogP contribution in [0, 0.1) is 5.92 Å². The fourth-order valence-electron chi connectivity index (χ4n) is 3.61. The highest BCUT2D eigenvalue weighted by Gasteiger charge is 2.18. The molecule has 0 unspecified atom stereocenters. The van der Waals surface area contributed by atoms with Gasteiger partial charge >= 0.3 is 0 Å². The first-order valence-electron chi connectivity index (χ1n) is 8.62. The topological polar surface area (TPSA) is 17.4 Å². The van der Waals surface area contributed by atoms with Gasteiger partial charge < -0.3 is 14.2 Å². The monoisotopic (exact) mass is 300 g/mol. The molecule has 0 saturated carbocycles. The molecule has 0 amide bonds. The van der Waals surface area contributed by atoms with Gasteiger partial charge in [-0.2, -0.15) is 0 Å². The molecular weight excluding hydrogens is 272 g/mol. The van der Waals surface area contributed by atoms with Crippen LogP contribution in [0.15, 0.2) is 36.5 Å². The molecule has 1 aliphatic heterocycles. The van der Waals surface area contributed by atoms with Gasteiger partial charge in [0, 0.05) is 31.9 Å². The maximum absolute atomic E-state index is 5.17. The standard InChI is InChI=1S/C19H28N2O/c1-22-16-15-20-12-8-17(9-13-20)5-4-11-21-14-10-18-6-2-3-7-19(18)21/h2-3,6-7,10,14,17H,4-5,8-9,11-13,15-16H2,1H3. The average molecular weight is 300 g/mol. The van der Waals surface area contributed by atoms with Crippen LogP contribution in [0.3, 0.4) is 0 Å². The van der Waals surface area contributed by atoms with Gasteiger partial charge in [0.2, 0.25) is 0 Å². The summed E-state index contributed by atoms with van der Waals surface area (Å²) in [5.41, 5.74) is 1.37. The van der Waals surface area contributed by atoms with Gasteiger partial charge in [-0.15, -0.1) is 0 Å². The van der Waals surface area contributed by atoms with E-state index in [1.54, 1.807) is 7.11 Å². The summed E-state index contributed by atoms with van der Waals surface area (Å²) >= 11 is 0. The summed E-state index contributed by atoms with van der Waals surface area (Å²) in [7, 11) is 1.79. The molecule has 0 spiro atoms. The number of methoxy groups -OCH3 is 1.